The molecule has 3 heterocycles. The van der Waals surface area contributed by atoms with Gasteiger partial charge in [0, 0.05) is 32.4 Å². The van der Waals surface area contributed by atoms with Crippen LogP contribution < -0.4 is 10.0 Å². The van der Waals surface area contributed by atoms with Crippen molar-refractivity contribution in [2.75, 3.05) is 25.5 Å². The van der Waals surface area contributed by atoms with Crippen LogP contribution in [0.1, 0.15) is 53.4 Å². The summed E-state index contributed by atoms with van der Waals surface area (Å²) in [6.45, 7) is 5.27. The highest BCUT2D eigenvalue weighted by Crippen LogP contribution is 2.29. The zero-order valence-electron chi connectivity index (χ0n) is 19.3. The lowest BCUT2D eigenvalue weighted by molar-refractivity contribution is 0.0636. The monoisotopic (exact) mass is 509 g/mol. The van der Waals surface area contributed by atoms with Gasteiger partial charge in [0.05, 0.1) is 16.5 Å². The Kier molecular flexibility index (Phi) is 7.95. The van der Waals surface area contributed by atoms with E-state index in [0.717, 1.165) is 25.2 Å². The summed E-state index contributed by atoms with van der Waals surface area (Å²) in [6, 6.07) is 1.63. The van der Waals surface area contributed by atoms with E-state index in [9.17, 15) is 18.3 Å². The van der Waals surface area contributed by atoms with Gasteiger partial charge in [0.1, 0.15) is 18.2 Å². The highest BCUT2D eigenvalue weighted by Gasteiger charge is 2.37. The van der Waals surface area contributed by atoms with E-state index in [1.807, 2.05) is 11.4 Å². The quantitative estimate of drug-likeness (QED) is 0.433. The van der Waals surface area contributed by atoms with Gasteiger partial charge in [0.25, 0.3) is 0 Å². The van der Waals surface area contributed by atoms with Gasteiger partial charge < -0.3 is 10.4 Å². The van der Waals surface area contributed by atoms with Crippen LogP contribution in [0.3, 0.4) is 0 Å². The Morgan fingerprint density at radius 1 is 1.38 bits per heavy atom. The smallest absolute Gasteiger partial charge is 0.335 e. The molecule has 0 bridgehead atoms. The number of nitrogens with one attached hydrogen (secondary N) is 2. The van der Waals surface area contributed by atoms with Gasteiger partial charge >= 0.3 is 10.3 Å². The summed E-state index contributed by atoms with van der Waals surface area (Å²) in [5.41, 5.74) is 1.46. The van der Waals surface area contributed by atoms with Crippen molar-refractivity contribution < 1.29 is 22.5 Å². The summed E-state index contributed by atoms with van der Waals surface area (Å²) in [5, 5.41) is 15.4. The number of hydrogen-bond acceptors (Lipinski definition) is 10. The molecule has 0 radical (unpaired) electrons. The van der Waals surface area contributed by atoms with E-state index in [-0.39, 0.29) is 24.7 Å². The van der Waals surface area contributed by atoms with Crippen LogP contribution in [0.25, 0.3) is 0 Å². The predicted molar refractivity (Wildman–Crippen MR) is 129 cm³/mol. The maximum absolute atomic E-state index is 13.3. The highest BCUT2D eigenvalue weighted by atomic mass is 32.2. The van der Waals surface area contributed by atoms with Gasteiger partial charge in [0.15, 0.2) is 0 Å². The van der Waals surface area contributed by atoms with E-state index in [1.165, 1.54) is 43.8 Å². The topological polar surface area (TPSA) is 134 Å². The molecule has 10 nitrogen and oxygen atoms in total. The van der Waals surface area contributed by atoms with Crippen molar-refractivity contribution in [3.8, 4) is 0 Å². The molecule has 186 valence electrons. The minimum atomic E-state index is -3.92. The molecule has 1 saturated heterocycles. The number of nitrogens with zero attached hydrogens (tertiary/aromatic N) is 3. The largest absolute Gasteiger partial charge is 0.390 e. The second-order valence-corrected chi connectivity index (χ2v) is 11.5. The van der Waals surface area contributed by atoms with Crippen molar-refractivity contribution in [3.63, 3.8) is 0 Å². The van der Waals surface area contributed by atoms with Gasteiger partial charge in [-0.1, -0.05) is 6.92 Å². The molecule has 4 atom stereocenters. The highest BCUT2D eigenvalue weighted by molar-refractivity contribution is 7.84. The van der Waals surface area contributed by atoms with Crippen LogP contribution in [-0.2, 0) is 21.0 Å². The summed E-state index contributed by atoms with van der Waals surface area (Å²) in [7, 11) is -2.68. The van der Waals surface area contributed by atoms with Gasteiger partial charge in [-0.05, 0) is 55.2 Å². The van der Waals surface area contributed by atoms with Gasteiger partial charge in [-0.25, -0.2) is 9.97 Å². The molecule has 4 rings (SSSR count). The zero-order valence-corrected chi connectivity index (χ0v) is 20.9. The molecular weight excluding hydrogens is 478 g/mol. The Bertz CT molecular complexity index is 1110. The number of likely N-dealkylation sites (tertiary alicyclic amines) is 1. The number of rotatable bonds is 9. The summed E-state index contributed by atoms with van der Waals surface area (Å²) >= 11 is 1.41. The Morgan fingerprint density at radius 3 is 2.97 bits per heavy atom. The number of hydrogen-bond donors (Lipinski definition) is 3. The molecule has 1 saturated carbocycles. The normalized spacial score (nSPS) is 26.0. The second-order valence-electron chi connectivity index (χ2n) is 9.09. The lowest BCUT2D eigenvalue weighted by Gasteiger charge is -2.30. The standard InChI is InChI=1S/C22H31N5O5S2/c1-14-4-3-5-27(10-14)11-15-6-20(33-12-15)21(29)17-9-24-13-25-22(17)26-16-7-18(28)19(8-16)32-34(30,31)23-2/h6,9,12-14,16,18-19,23,28H,3-5,7-8,10-11H2,1-2H3,(H,24,25,26)/t14-,16-,18+,19-/m1/s1. The van der Waals surface area contributed by atoms with Crippen molar-refractivity contribution >= 4 is 33.2 Å². The summed E-state index contributed by atoms with van der Waals surface area (Å²) in [5.74, 6) is 0.880. The number of carbonyl (C=O) groups is 1. The number of ketones is 1. The SMILES string of the molecule is CNS(=O)(=O)O[C@@H]1C[C@H](Nc2ncncc2C(=O)c2cc(CN3CCC[C@@H](C)C3)cs2)C[C@@H]1O. The molecule has 2 fully saturated rings. The van der Waals surface area contributed by atoms with Crippen LogP contribution in [0.4, 0.5) is 5.82 Å². The van der Waals surface area contributed by atoms with Crippen molar-refractivity contribution in [2.45, 2.75) is 57.4 Å². The van der Waals surface area contributed by atoms with E-state index < -0.39 is 22.5 Å². The van der Waals surface area contributed by atoms with Crippen molar-refractivity contribution in [1.29, 1.82) is 0 Å². The van der Waals surface area contributed by atoms with Crippen molar-refractivity contribution in [1.82, 2.24) is 19.6 Å². The molecule has 0 aromatic carbocycles. The molecule has 2 aliphatic rings. The number of aliphatic hydroxyl groups is 1. The third-order valence-electron chi connectivity index (χ3n) is 6.29. The molecule has 2 aromatic rings. The molecule has 0 unspecified atom stereocenters. The first-order valence-electron chi connectivity index (χ1n) is 11.4. The molecule has 2 aromatic heterocycles. The van der Waals surface area contributed by atoms with Crippen molar-refractivity contribution in [2.24, 2.45) is 5.92 Å². The average Bonchev–Trinajstić information content (AvgIpc) is 3.40. The van der Waals surface area contributed by atoms with E-state index in [0.29, 0.717) is 22.2 Å². The number of aromatic nitrogens is 2. The van der Waals surface area contributed by atoms with Gasteiger partial charge in [-0.2, -0.15) is 13.1 Å². The van der Waals surface area contributed by atoms with E-state index in [2.05, 4.69) is 31.8 Å². The number of anilines is 1. The Hall–Kier alpha value is -1.96. The molecule has 12 heteroatoms. The van der Waals surface area contributed by atoms with Crippen LogP contribution in [0.5, 0.6) is 0 Å². The van der Waals surface area contributed by atoms with Crippen LogP contribution in [0.2, 0.25) is 0 Å². The van der Waals surface area contributed by atoms with E-state index >= 15 is 0 Å². The number of thiophene rings is 1. The number of carbonyl (C=O) groups excluding carboxylic acids is 1. The van der Waals surface area contributed by atoms with Crippen LogP contribution in [0.15, 0.2) is 24.0 Å². The Balaban J connectivity index is 1.42. The average molecular weight is 510 g/mol. The predicted octanol–water partition coefficient (Wildman–Crippen LogP) is 1.79. The maximum Gasteiger partial charge on any atom is 0.335 e. The lowest BCUT2D eigenvalue weighted by Crippen LogP contribution is -2.33. The molecule has 1 aliphatic carbocycles. The third-order valence-corrected chi connectivity index (χ3v) is 8.27. The fraction of sp³-hybridized carbons (Fsp3) is 0.591. The van der Waals surface area contributed by atoms with E-state index in [4.69, 9.17) is 4.18 Å². The fourth-order valence-corrected chi connectivity index (χ4v) is 6.10. The zero-order chi connectivity index (χ0) is 24.3. The van der Waals surface area contributed by atoms with Crippen LogP contribution >= 0.6 is 11.3 Å². The maximum atomic E-state index is 13.3. The molecule has 0 spiro atoms. The fourth-order valence-electron chi connectivity index (χ4n) is 4.61. The first-order valence-corrected chi connectivity index (χ1v) is 13.7. The summed E-state index contributed by atoms with van der Waals surface area (Å²) < 4.78 is 30.4. The van der Waals surface area contributed by atoms with Crippen LogP contribution in [-0.4, -0.2) is 72.6 Å². The lowest BCUT2D eigenvalue weighted by atomic mass is 10.00. The Labute approximate surface area is 204 Å². The van der Waals surface area contributed by atoms with Gasteiger partial charge in [0.2, 0.25) is 5.78 Å². The van der Waals surface area contributed by atoms with E-state index in [1.54, 1.807) is 0 Å². The molecule has 0 amide bonds. The van der Waals surface area contributed by atoms with Crippen molar-refractivity contribution in [3.05, 3.63) is 40.0 Å². The number of aliphatic hydroxyl groups excluding tert-OH is 1. The van der Waals surface area contributed by atoms with Crippen LogP contribution in [0, 0.1) is 5.92 Å². The van der Waals surface area contributed by atoms with Gasteiger partial charge in [-0.3, -0.25) is 13.9 Å². The molecule has 34 heavy (non-hydrogen) atoms. The summed E-state index contributed by atoms with van der Waals surface area (Å²) in [4.78, 5) is 24.6. The first-order chi connectivity index (χ1) is 16.2. The molecule has 3 N–H and O–H groups in total. The first kappa shape index (κ1) is 25.1. The minimum absolute atomic E-state index is 0.171. The number of piperidine rings is 1. The second kappa shape index (κ2) is 10.8. The molecular formula is C22H31N5O5S2. The van der Waals surface area contributed by atoms with Gasteiger partial charge in [-0.15, -0.1) is 11.3 Å². The Morgan fingerprint density at radius 2 is 2.21 bits per heavy atom. The summed E-state index contributed by atoms with van der Waals surface area (Å²) in [6.07, 6.45) is 3.97. The third kappa shape index (κ3) is 6.18. The minimum Gasteiger partial charge on any atom is -0.390 e. The molecule has 1 aliphatic heterocycles.